The van der Waals surface area contributed by atoms with E-state index in [9.17, 15) is 0 Å². The lowest BCUT2D eigenvalue weighted by Crippen LogP contribution is -2.65. The van der Waals surface area contributed by atoms with Crippen molar-refractivity contribution in [1.29, 1.82) is 0 Å². The third-order valence-corrected chi connectivity index (χ3v) is 6.30. The largest absolute Gasteiger partial charge is 0.349 e. The van der Waals surface area contributed by atoms with Crippen LogP contribution in [0.3, 0.4) is 0 Å². The highest BCUT2D eigenvalue weighted by Crippen LogP contribution is 2.58. The monoisotopic (exact) mass is 282 g/mol. The molecule has 2 bridgehead atoms. The van der Waals surface area contributed by atoms with Crippen LogP contribution in [-0.4, -0.2) is 24.3 Å². The van der Waals surface area contributed by atoms with Gasteiger partial charge in [-0.25, -0.2) is 9.78 Å². The quantitative estimate of drug-likeness (QED) is 0.639. The second-order valence-electron chi connectivity index (χ2n) is 7.55. The van der Waals surface area contributed by atoms with Gasteiger partial charge in [0.15, 0.2) is 11.9 Å². The third-order valence-electron chi connectivity index (χ3n) is 6.30. The van der Waals surface area contributed by atoms with E-state index in [1.54, 1.807) is 0 Å². The summed E-state index contributed by atoms with van der Waals surface area (Å²) in [7, 11) is 0. The lowest BCUT2D eigenvalue weighted by molar-refractivity contribution is -0.556. The van der Waals surface area contributed by atoms with Crippen LogP contribution in [0.5, 0.6) is 0 Å². The SMILES string of the molecule is C[C@@H]1CCC2[C@@H](C)CCO[C@@H]3O[C@]4(C)CCC1C23OO4. The minimum Gasteiger partial charge on any atom is -0.349 e. The Labute approximate surface area is 121 Å². The molecule has 1 spiro atoms. The summed E-state index contributed by atoms with van der Waals surface area (Å²) in [5.41, 5.74) is -0.385. The summed E-state index contributed by atoms with van der Waals surface area (Å²) < 4.78 is 12.3. The van der Waals surface area contributed by atoms with Gasteiger partial charge >= 0.3 is 0 Å². The maximum absolute atomic E-state index is 6.24. The molecule has 0 aromatic heterocycles. The first-order valence-electron chi connectivity index (χ1n) is 8.21. The van der Waals surface area contributed by atoms with E-state index >= 15 is 0 Å². The second kappa shape index (κ2) is 4.42. The van der Waals surface area contributed by atoms with Gasteiger partial charge in [-0.3, -0.25) is 0 Å². The number of hydrogen-bond donors (Lipinski definition) is 0. The standard InChI is InChI=1S/C16H26O4/c1-10-4-5-12-11(2)7-9-17-14-16(12)13(10)6-8-15(3,18-14)19-20-16/h10-14H,4-9H2,1-3H3/t10-,11+,12?,13?,14-,15+,16?/m1/s1. The van der Waals surface area contributed by atoms with Gasteiger partial charge in [0.1, 0.15) is 0 Å². The van der Waals surface area contributed by atoms with E-state index in [-0.39, 0.29) is 11.9 Å². The lowest BCUT2D eigenvalue weighted by atomic mass is 9.59. The highest BCUT2D eigenvalue weighted by molar-refractivity contribution is 5.07. The van der Waals surface area contributed by atoms with Gasteiger partial charge in [0.2, 0.25) is 5.79 Å². The Kier molecular flexibility index (Phi) is 2.98. The average molecular weight is 282 g/mol. The fourth-order valence-corrected chi connectivity index (χ4v) is 5.08. The predicted octanol–water partition coefficient (Wildman–Crippen LogP) is 3.26. The Hall–Kier alpha value is -0.160. The van der Waals surface area contributed by atoms with Crippen LogP contribution in [0.15, 0.2) is 0 Å². The van der Waals surface area contributed by atoms with E-state index < -0.39 is 5.79 Å². The summed E-state index contributed by atoms with van der Waals surface area (Å²) in [6, 6.07) is 0. The van der Waals surface area contributed by atoms with Gasteiger partial charge in [-0.1, -0.05) is 13.8 Å². The first-order chi connectivity index (χ1) is 9.55. The highest BCUT2D eigenvalue weighted by atomic mass is 17.3. The normalized spacial score (nSPS) is 58.6. The fourth-order valence-electron chi connectivity index (χ4n) is 5.08. The van der Waals surface area contributed by atoms with Crippen LogP contribution in [0.2, 0.25) is 0 Å². The summed E-state index contributed by atoms with van der Waals surface area (Å²) in [6.45, 7) is 7.44. The maximum Gasteiger partial charge on any atom is 0.201 e. The van der Waals surface area contributed by atoms with Gasteiger partial charge < -0.3 is 9.47 Å². The molecule has 5 aliphatic rings. The Morgan fingerprint density at radius 2 is 1.65 bits per heavy atom. The smallest absolute Gasteiger partial charge is 0.201 e. The molecule has 0 radical (unpaired) electrons. The maximum atomic E-state index is 6.24. The molecule has 4 nitrogen and oxygen atoms in total. The average Bonchev–Trinajstić information content (AvgIpc) is 2.71. The number of hydrogen-bond acceptors (Lipinski definition) is 4. The Balaban J connectivity index is 1.82. The Morgan fingerprint density at radius 1 is 0.900 bits per heavy atom. The molecule has 4 heterocycles. The molecule has 7 atom stereocenters. The van der Waals surface area contributed by atoms with E-state index in [2.05, 4.69) is 13.8 Å². The molecule has 4 heteroatoms. The Morgan fingerprint density at radius 3 is 2.50 bits per heavy atom. The first kappa shape index (κ1) is 13.5. The van der Waals surface area contributed by atoms with E-state index in [4.69, 9.17) is 19.2 Å². The Bertz CT molecular complexity index is 400. The molecule has 20 heavy (non-hydrogen) atoms. The summed E-state index contributed by atoms with van der Waals surface area (Å²) in [5, 5.41) is 0. The van der Waals surface area contributed by atoms with Crippen molar-refractivity contribution >= 4 is 0 Å². The molecule has 1 aliphatic carbocycles. The second-order valence-corrected chi connectivity index (χ2v) is 7.55. The molecule has 0 aromatic rings. The van der Waals surface area contributed by atoms with Crippen LogP contribution in [0.4, 0.5) is 0 Å². The van der Waals surface area contributed by atoms with E-state index in [0.717, 1.165) is 25.9 Å². The zero-order valence-electron chi connectivity index (χ0n) is 12.8. The molecule has 0 amide bonds. The summed E-state index contributed by atoms with van der Waals surface area (Å²) in [6.07, 6.45) is 5.32. The molecule has 4 saturated heterocycles. The van der Waals surface area contributed by atoms with Crippen LogP contribution in [0.25, 0.3) is 0 Å². The van der Waals surface area contributed by atoms with Crippen molar-refractivity contribution in [1.82, 2.24) is 0 Å². The van der Waals surface area contributed by atoms with E-state index in [1.807, 2.05) is 6.92 Å². The predicted molar refractivity (Wildman–Crippen MR) is 72.5 cm³/mol. The number of fused-ring (bicyclic) bond motifs is 2. The van der Waals surface area contributed by atoms with Crippen LogP contribution in [-0.2, 0) is 19.2 Å². The van der Waals surface area contributed by atoms with Gasteiger partial charge in [-0.15, -0.1) is 0 Å². The molecule has 5 rings (SSSR count). The van der Waals surface area contributed by atoms with Crippen LogP contribution in [0, 0.1) is 23.7 Å². The van der Waals surface area contributed by atoms with E-state index in [1.165, 1.54) is 12.8 Å². The zero-order valence-corrected chi connectivity index (χ0v) is 12.8. The molecular formula is C16H26O4. The third kappa shape index (κ3) is 1.68. The topological polar surface area (TPSA) is 36.9 Å². The molecule has 5 fully saturated rings. The van der Waals surface area contributed by atoms with Crippen LogP contribution in [0.1, 0.15) is 52.9 Å². The van der Waals surface area contributed by atoms with Gasteiger partial charge in [-0.05, 0) is 56.3 Å². The van der Waals surface area contributed by atoms with Crippen molar-refractivity contribution in [2.24, 2.45) is 23.7 Å². The van der Waals surface area contributed by atoms with Crippen molar-refractivity contribution in [3.05, 3.63) is 0 Å². The van der Waals surface area contributed by atoms with E-state index in [0.29, 0.717) is 23.7 Å². The molecule has 0 aromatic carbocycles. The van der Waals surface area contributed by atoms with Crippen LogP contribution < -0.4 is 0 Å². The van der Waals surface area contributed by atoms with Crippen molar-refractivity contribution in [2.75, 3.05) is 6.61 Å². The highest BCUT2D eigenvalue weighted by Gasteiger charge is 2.66. The lowest BCUT2D eigenvalue weighted by Gasteiger charge is -2.55. The fraction of sp³-hybridized carbons (Fsp3) is 1.00. The summed E-state index contributed by atoms with van der Waals surface area (Å²) >= 11 is 0. The van der Waals surface area contributed by atoms with Crippen molar-refractivity contribution in [3.63, 3.8) is 0 Å². The molecule has 114 valence electrons. The van der Waals surface area contributed by atoms with Gasteiger partial charge in [0.05, 0.1) is 6.61 Å². The van der Waals surface area contributed by atoms with Gasteiger partial charge in [0.25, 0.3) is 0 Å². The minimum absolute atomic E-state index is 0.258. The minimum atomic E-state index is -0.634. The molecule has 4 aliphatic heterocycles. The van der Waals surface area contributed by atoms with Gasteiger partial charge in [-0.2, -0.15) is 0 Å². The zero-order chi connectivity index (χ0) is 14.0. The van der Waals surface area contributed by atoms with Gasteiger partial charge in [0, 0.05) is 6.42 Å². The molecular weight excluding hydrogens is 256 g/mol. The van der Waals surface area contributed by atoms with Crippen molar-refractivity contribution in [3.8, 4) is 0 Å². The number of ether oxygens (including phenoxy) is 2. The summed E-state index contributed by atoms with van der Waals surface area (Å²) in [5.74, 6) is 1.58. The molecule has 0 N–H and O–H groups in total. The van der Waals surface area contributed by atoms with Crippen molar-refractivity contribution in [2.45, 2.75) is 70.6 Å². The molecule has 1 saturated carbocycles. The van der Waals surface area contributed by atoms with Crippen molar-refractivity contribution < 1.29 is 19.2 Å². The first-order valence-corrected chi connectivity index (χ1v) is 8.21. The summed E-state index contributed by atoms with van der Waals surface area (Å²) in [4.78, 5) is 11.9. The van der Waals surface area contributed by atoms with Crippen LogP contribution >= 0.6 is 0 Å². The number of rotatable bonds is 0. The molecule has 3 unspecified atom stereocenters.